The maximum Gasteiger partial charge on any atom is 0.514 e. The normalized spacial score (nSPS) is 15.4. The van der Waals surface area contributed by atoms with Gasteiger partial charge in [-0.15, -0.1) is 0 Å². The van der Waals surface area contributed by atoms with Gasteiger partial charge in [-0.2, -0.15) is 0 Å². The van der Waals surface area contributed by atoms with E-state index in [0.717, 1.165) is 41.8 Å². The third-order valence-electron chi connectivity index (χ3n) is 8.25. The minimum absolute atomic E-state index is 0.120. The Morgan fingerprint density at radius 1 is 0.786 bits per heavy atom. The number of carbonyl (C=O) groups excluding carboxylic acids is 1. The average Bonchev–Trinajstić information content (AvgIpc) is 2.93. The summed E-state index contributed by atoms with van der Waals surface area (Å²) >= 11 is 0. The summed E-state index contributed by atoms with van der Waals surface area (Å²) in [6, 6.07) is 21.5. The van der Waals surface area contributed by atoms with E-state index in [1.54, 1.807) is 26.0 Å². The Kier molecular flexibility index (Phi) is 10.0. The fourth-order valence-corrected chi connectivity index (χ4v) is 5.65. The summed E-state index contributed by atoms with van der Waals surface area (Å²) in [4.78, 5) is 11.9. The van der Waals surface area contributed by atoms with Gasteiger partial charge >= 0.3 is 6.16 Å². The molecule has 0 heterocycles. The van der Waals surface area contributed by atoms with Gasteiger partial charge in [-0.05, 0) is 109 Å². The first kappa shape index (κ1) is 31.6. The van der Waals surface area contributed by atoms with Gasteiger partial charge in [0.25, 0.3) is 0 Å². The molecule has 0 unspecified atom stereocenters. The van der Waals surface area contributed by atoms with Crippen LogP contribution in [0.25, 0.3) is 22.3 Å². The number of hydrogen-bond acceptors (Lipinski definition) is 5. The molecule has 0 spiro atoms. The predicted molar refractivity (Wildman–Crippen MR) is 173 cm³/mol. The minimum atomic E-state index is -0.694. The number of ether oxygens (including phenoxy) is 3. The molecule has 42 heavy (non-hydrogen) atoms. The van der Waals surface area contributed by atoms with Crippen LogP contribution in [0, 0.1) is 0 Å². The number of nitrogens with one attached hydrogen (secondary N) is 1. The zero-order valence-electron chi connectivity index (χ0n) is 26.8. The lowest BCUT2D eigenvalue weighted by Gasteiger charge is -2.42. The molecule has 0 radical (unpaired) electrons. The molecule has 0 fully saturated rings. The largest absolute Gasteiger partial charge is 0.514 e. The highest BCUT2D eigenvalue weighted by Crippen LogP contribution is 2.47. The van der Waals surface area contributed by atoms with Crippen molar-refractivity contribution in [1.29, 1.82) is 0 Å². The van der Waals surface area contributed by atoms with E-state index >= 15 is 0 Å². The van der Waals surface area contributed by atoms with Crippen LogP contribution in [0.3, 0.4) is 0 Å². The second-order valence-electron chi connectivity index (χ2n) is 13.4. The zero-order valence-corrected chi connectivity index (χ0v) is 26.8. The lowest BCUT2D eigenvalue weighted by molar-refractivity contribution is 0.0729. The van der Waals surface area contributed by atoms with Crippen molar-refractivity contribution in [3.63, 3.8) is 0 Å². The highest BCUT2D eigenvalue weighted by molar-refractivity contribution is 5.79. The molecular weight excluding hydrogens is 522 g/mol. The van der Waals surface area contributed by atoms with Gasteiger partial charge < -0.3 is 19.5 Å². The predicted octanol–water partition coefficient (Wildman–Crippen LogP) is 9.45. The second-order valence-corrected chi connectivity index (χ2v) is 13.4. The smallest absolute Gasteiger partial charge is 0.493 e. The summed E-state index contributed by atoms with van der Waals surface area (Å²) in [5, 5.41) is 3.48. The Balaban J connectivity index is 1.64. The van der Waals surface area contributed by atoms with Crippen molar-refractivity contribution in [3.8, 4) is 33.8 Å². The van der Waals surface area contributed by atoms with E-state index in [1.165, 1.54) is 29.5 Å². The van der Waals surface area contributed by atoms with Crippen LogP contribution in [-0.4, -0.2) is 31.5 Å². The van der Waals surface area contributed by atoms with Crippen LogP contribution in [0.15, 0.2) is 60.7 Å². The summed E-state index contributed by atoms with van der Waals surface area (Å²) in [6.07, 6.45) is 3.51. The number of hydrogen-bond donors (Lipinski definition) is 1. The average molecular weight is 572 g/mol. The molecule has 0 amide bonds. The Morgan fingerprint density at radius 2 is 1.43 bits per heavy atom. The first-order chi connectivity index (χ1) is 19.9. The van der Waals surface area contributed by atoms with E-state index < -0.39 is 6.16 Å². The van der Waals surface area contributed by atoms with Crippen molar-refractivity contribution in [2.45, 2.75) is 104 Å². The number of unbranched alkanes of at least 4 members (excludes halogenated alkanes) is 1. The summed E-state index contributed by atoms with van der Waals surface area (Å²) in [5.41, 5.74) is 7.55. The lowest BCUT2D eigenvalue weighted by Crippen LogP contribution is -2.33. The lowest BCUT2D eigenvalue weighted by atomic mass is 9.63. The zero-order chi connectivity index (χ0) is 30.5. The van der Waals surface area contributed by atoms with Gasteiger partial charge in [-0.25, -0.2) is 4.79 Å². The molecule has 5 nitrogen and oxygen atoms in total. The fourth-order valence-electron chi connectivity index (χ4n) is 5.65. The highest BCUT2D eigenvalue weighted by atomic mass is 16.7. The van der Waals surface area contributed by atoms with Crippen LogP contribution in [0.5, 0.6) is 11.5 Å². The monoisotopic (exact) mass is 571 g/mol. The van der Waals surface area contributed by atoms with E-state index in [4.69, 9.17) is 14.2 Å². The molecule has 1 aliphatic carbocycles. The van der Waals surface area contributed by atoms with E-state index in [2.05, 4.69) is 83.3 Å². The molecule has 0 bridgehead atoms. The minimum Gasteiger partial charge on any atom is -0.493 e. The number of carbonyl (C=O) groups is 1. The molecule has 3 aromatic carbocycles. The third-order valence-corrected chi connectivity index (χ3v) is 8.25. The van der Waals surface area contributed by atoms with Crippen LogP contribution in [0.4, 0.5) is 4.79 Å². The summed E-state index contributed by atoms with van der Waals surface area (Å²) in [7, 11) is 0. The molecule has 5 heteroatoms. The molecule has 0 aromatic heterocycles. The van der Waals surface area contributed by atoms with Crippen LogP contribution in [0.1, 0.15) is 92.2 Å². The Hall–Kier alpha value is -3.31. The van der Waals surface area contributed by atoms with Crippen LogP contribution in [-0.2, 0) is 15.6 Å². The molecule has 0 atom stereocenters. The topological polar surface area (TPSA) is 56.8 Å². The molecule has 226 valence electrons. The number of fused-ring (bicyclic) bond motifs is 1. The van der Waals surface area contributed by atoms with Crippen molar-refractivity contribution in [2.24, 2.45) is 0 Å². The fraction of sp³-hybridized carbons (Fsp3) is 0.486. The quantitative estimate of drug-likeness (QED) is 0.141. The van der Waals surface area contributed by atoms with Crippen LogP contribution < -0.4 is 14.8 Å². The second kappa shape index (κ2) is 13.3. The van der Waals surface area contributed by atoms with E-state index in [-0.39, 0.29) is 16.9 Å². The van der Waals surface area contributed by atoms with Crippen molar-refractivity contribution in [2.75, 3.05) is 13.2 Å². The Labute approximate surface area is 253 Å². The Morgan fingerprint density at radius 3 is 2.10 bits per heavy atom. The van der Waals surface area contributed by atoms with Gasteiger partial charge in [-0.3, -0.25) is 0 Å². The molecule has 0 saturated carbocycles. The summed E-state index contributed by atoms with van der Waals surface area (Å²) in [5.74, 6) is 1.36. The maximum atomic E-state index is 11.9. The molecule has 1 N–H and O–H groups in total. The molecule has 1 aliphatic rings. The van der Waals surface area contributed by atoms with Crippen molar-refractivity contribution < 1.29 is 19.0 Å². The first-order valence-electron chi connectivity index (χ1n) is 15.5. The first-order valence-corrected chi connectivity index (χ1v) is 15.5. The van der Waals surface area contributed by atoms with Crippen LogP contribution in [0.2, 0.25) is 0 Å². The number of benzene rings is 3. The van der Waals surface area contributed by atoms with Crippen molar-refractivity contribution >= 4 is 6.16 Å². The molecule has 0 aliphatic heterocycles. The summed E-state index contributed by atoms with van der Waals surface area (Å²) in [6.45, 7) is 19.1. The van der Waals surface area contributed by atoms with E-state index in [9.17, 15) is 4.79 Å². The highest BCUT2D eigenvalue weighted by Gasteiger charge is 2.37. The van der Waals surface area contributed by atoms with Gasteiger partial charge in [0.2, 0.25) is 0 Å². The van der Waals surface area contributed by atoms with Gasteiger partial charge in [0.05, 0.1) is 12.7 Å². The van der Waals surface area contributed by atoms with Gasteiger partial charge in [-0.1, -0.05) is 77.9 Å². The molecule has 3 aromatic rings. The van der Waals surface area contributed by atoms with Gasteiger partial charge in [0, 0.05) is 11.6 Å². The number of rotatable bonds is 11. The Bertz CT molecular complexity index is 1350. The molecule has 4 rings (SSSR count). The standard InChI is InChI=1S/C37H49NO4/c1-25(2)38-21-9-10-22-40-34-18-14-28(27-11-15-30(16-12-27)42-35(39)41-26(3)4)23-31(34)29-13-17-32-33(24-29)37(7,8)20-19-36(32,5)6/h11-18,23-26,38H,9-10,19-22H2,1-8H3. The SMILES string of the molecule is CC(C)NCCCCOc1ccc(-c2ccc(OC(=O)OC(C)C)cc2)cc1-c1ccc2c(c1)C(C)(C)CCC2(C)C. The maximum absolute atomic E-state index is 11.9. The van der Waals surface area contributed by atoms with E-state index in [0.29, 0.717) is 18.4 Å². The van der Waals surface area contributed by atoms with Crippen molar-refractivity contribution in [1.82, 2.24) is 5.32 Å². The molecular formula is C37H49NO4. The molecule has 0 saturated heterocycles. The van der Waals surface area contributed by atoms with Crippen LogP contribution >= 0.6 is 0 Å². The van der Waals surface area contributed by atoms with Crippen molar-refractivity contribution in [3.05, 3.63) is 71.8 Å². The third kappa shape index (κ3) is 7.95. The van der Waals surface area contributed by atoms with Gasteiger partial charge in [0.1, 0.15) is 11.5 Å². The summed E-state index contributed by atoms with van der Waals surface area (Å²) < 4.78 is 16.8. The van der Waals surface area contributed by atoms with E-state index in [1.807, 2.05) is 12.1 Å². The van der Waals surface area contributed by atoms with Gasteiger partial charge in [0.15, 0.2) is 0 Å².